The third kappa shape index (κ3) is 10.3. The lowest BCUT2D eigenvalue weighted by Gasteiger charge is -2.24. The summed E-state index contributed by atoms with van der Waals surface area (Å²) in [5.74, 6) is 4.29. The monoisotopic (exact) mass is 607 g/mol. The molecule has 0 fully saturated rings. The van der Waals surface area contributed by atoms with Crippen LogP contribution >= 0.6 is 0 Å². The molecule has 0 spiro atoms. The van der Waals surface area contributed by atoms with Crippen molar-refractivity contribution in [2.45, 2.75) is 60.8 Å². The summed E-state index contributed by atoms with van der Waals surface area (Å²) in [5.41, 5.74) is 3.04. The molecule has 0 heterocycles. The molecule has 0 atom stereocenters. The highest BCUT2D eigenvalue weighted by Gasteiger charge is 2.18. The van der Waals surface area contributed by atoms with E-state index in [9.17, 15) is 4.79 Å². The van der Waals surface area contributed by atoms with Crippen molar-refractivity contribution in [1.29, 1.82) is 0 Å². The quantitative estimate of drug-likeness (QED) is 0.138. The van der Waals surface area contributed by atoms with Gasteiger partial charge in [-0.2, -0.15) is 0 Å². The molecule has 8 heteroatoms. The molecule has 0 radical (unpaired) electrons. The zero-order chi connectivity index (χ0) is 31.7. The molecule has 1 amide bonds. The molecule has 3 aromatic rings. The fourth-order valence-corrected chi connectivity index (χ4v) is 4.88. The molecule has 0 bridgehead atoms. The molecule has 0 aliphatic heterocycles. The van der Waals surface area contributed by atoms with Crippen LogP contribution in [0.15, 0.2) is 54.6 Å². The summed E-state index contributed by atoms with van der Waals surface area (Å²) in [4.78, 5) is 15.8. The Bertz CT molecular complexity index is 1250. The average molecular weight is 608 g/mol. The molecule has 0 N–H and O–H groups in total. The lowest BCUT2D eigenvalue weighted by atomic mass is 10.1. The maximum Gasteiger partial charge on any atom is 0.227 e. The van der Waals surface area contributed by atoms with Crippen molar-refractivity contribution in [1.82, 2.24) is 4.90 Å². The molecule has 0 aliphatic rings. The summed E-state index contributed by atoms with van der Waals surface area (Å²) >= 11 is 0. The first-order chi connectivity index (χ1) is 21.5. The third-order valence-corrected chi connectivity index (χ3v) is 6.87. The van der Waals surface area contributed by atoms with Crippen LogP contribution in [0, 0.1) is 0 Å². The molecular weight excluding hydrogens is 558 g/mol. The van der Waals surface area contributed by atoms with E-state index in [1.54, 1.807) is 0 Å². The molecule has 3 aromatic carbocycles. The summed E-state index contributed by atoms with van der Waals surface area (Å²) in [5, 5.41) is 0. The van der Waals surface area contributed by atoms with Crippen LogP contribution in [0.3, 0.4) is 0 Å². The normalized spacial score (nSPS) is 10.7. The molecule has 8 nitrogen and oxygen atoms in total. The molecule has 0 aliphatic carbocycles. The Morgan fingerprint density at radius 2 is 0.795 bits per heavy atom. The summed E-state index contributed by atoms with van der Waals surface area (Å²) in [6.07, 6.45) is 1.62. The predicted molar refractivity (Wildman–Crippen MR) is 174 cm³/mol. The highest BCUT2D eigenvalue weighted by atomic mass is 16.5. The van der Waals surface area contributed by atoms with E-state index in [0.29, 0.717) is 77.1 Å². The van der Waals surface area contributed by atoms with Gasteiger partial charge in [-0.15, -0.1) is 0 Å². The molecule has 240 valence electrons. The van der Waals surface area contributed by atoms with Crippen LogP contribution in [0.4, 0.5) is 0 Å². The van der Waals surface area contributed by atoms with Crippen molar-refractivity contribution < 1.29 is 33.2 Å². The van der Waals surface area contributed by atoms with Crippen LogP contribution in [0.1, 0.15) is 58.2 Å². The van der Waals surface area contributed by atoms with Gasteiger partial charge in [0.2, 0.25) is 5.91 Å². The van der Waals surface area contributed by atoms with Crippen LogP contribution in [0.25, 0.3) is 0 Å². The Hall–Kier alpha value is -4.07. The van der Waals surface area contributed by atoms with Crippen molar-refractivity contribution in [3.8, 4) is 34.5 Å². The van der Waals surface area contributed by atoms with Crippen molar-refractivity contribution >= 4 is 5.91 Å². The van der Waals surface area contributed by atoms with Gasteiger partial charge in [-0.1, -0.05) is 18.2 Å². The molecule has 0 saturated heterocycles. The smallest absolute Gasteiger partial charge is 0.227 e. The SMILES string of the molecule is CCOc1ccc(CCN(CCc2ccc(OCC)c(OCC)c2)C(=O)Cc2ccc(OCC)c(OCC)c2)cc1OCC. The molecular formula is C36H49NO7. The lowest BCUT2D eigenvalue weighted by Crippen LogP contribution is -2.36. The minimum atomic E-state index is 0.0449. The zero-order valence-corrected chi connectivity index (χ0v) is 27.3. The summed E-state index contributed by atoms with van der Waals surface area (Å²) in [6, 6.07) is 17.7. The predicted octanol–water partition coefficient (Wildman–Crippen LogP) is 6.94. The van der Waals surface area contributed by atoms with Crippen LogP contribution in [0.5, 0.6) is 34.5 Å². The average Bonchev–Trinajstić information content (AvgIpc) is 3.01. The number of carbonyl (C=O) groups is 1. The highest BCUT2D eigenvalue weighted by molar-refractivity contribution is 5.79. The van der Waals surface area contributed by atoms with Crippen LogP contribution < -0.4 is 28.4 Å². The van der Waals surface area contributed by atoms with Crippen molar-refractivity contribution in [2.24, 2.45) is 0 Å². The van der Waals surface area contributed by atoms with Gasteiger partial charge in [-0.25, -0.2) is 0 Å². The Labute approximate surface area is 263 Å². The second kappa shape index (κ2) is 18.6. The second-order valence-electron chi connectivity index (χ2n) is 10.00. The Morgan fingerprint density at radius 1 is 0.477 bits per heavy atom. The largest absolute Gasteiger partial charge is 0.490 e. The number of amides is 1. The number of rotatable bonds is 20. The van der Waals surface area contributed by atoms with Crippen LogP contribution in [0.2, 0.25) is 0 Å². The van der Waals surface area contributed by atoms with Crippen LogP contribution in [-0.2, 0) is 24.1 Å². The van der Waals surface area contributed by atoms with E-state index in [2.05, 4.69) is 0 Å². The molecule has 44 heavy (non-hydrogen) atoms. The fourth-order valence-electron chi connectivity index (χ4n) is 4.88. The first-order valence-electron chi connectivity index (χ1n) is 15.9. The number of ether oxygens (including phenoxy) is 6. The minimum Gasteiger partial charge on any atom is -0.490 e. The molecule has 0 saturated carbocycles. The standard InChI is InChI=1S/C36H49NO7/c1-7-39-30-16-13-27(23-33(30)42-10-4)19-21-37(22-20-28-14-17-31(40-8-2)34(24-28)43-11-5)36(38)26-29-15-18-32(41-9-3)35(25-29)44-12-6/h13-18,23-25H,7-12,19-22,26H2,1-6H3. The number of hydrogen-bond acceptors (Lipinski definition) is 7. The Kier molecular flexibility index (Phi) is 14.5. The van der Waals surface area contributed by atoms with E-state index in [1.165, 1.54) is 0 Å². The fraction of sp³-hybridized carbons (Fsp3) is 0.472. The highest BCUT2D eigenvalue weighted by Crippen LogP contribution is 2.31. The maximum atomic E-state index is 13.8. The van der Waals surface area contributed by atoms with E-state index in [-0.39, 0.29) is 12.3 Å². The van der Waals surface area contributed by atoms with Crippen molar-refractivity contribution in [3.05, 3.63) is 71.3 Å². The van der Waals surface area contributed by atoms with E-state index in [0.717, 1.165) is 39.7 Å². The van der Waals surface area contributed by atoms with Gasteiger partial charge in [0.1, 0.15) is 0 Å². The topological polar surface area (TPSA) is 75.7 Å². The Balaban J connectivity index is 1.82. The Morgan fingerprint density at radius 3 is 1.16 bits per heavy atom. The van der Waals surface area contributed by atoms with E-state index in [4.69, 9.17) is 28.4 Å². The van der Waals surface area contributed by atoms with Gasteiger partial charge in [0, 0.05) is 13.1 Å². The summed E-state index contributed by atoms with van der Waals surface area (Å²) < 4.78 is 34.7. The lowest BCUT2D eigenvalue weighted by molar-refractivity contribution is -0.130. The van der Waals surface area contributed by atoms with Crippen molar-refractivity contribution in [3.63, 3.8) is 0 Å². The number of hydrogen-bond donors (Lipinski definition) is 0. The zero-order valence-electron chi connectivity index (χ0n) is 27.3. The van der Waals surface area contributed by atoms with Gasteiger partial charge in [0.15, 0.2) is 34.5 Å². The minimum absolute atomic E-state index is 0.0449. The maximum absolute atomic E-state index is 13.8. The van der Waals surface area contributed by atoms with E-state index >= 15 is 0 Å². The molecule has 3 rings (SSSR count). The van der Waals surface area contributed by atoms with Gasteiger partial charge in [0.05, 0.1) is 46.1 Å². The van der Waals surface area contributed by atoms with Gasteiger partial charge in [0.25, 0.3) is 0 Å². The van der Waals surface area contributed by atoms with E-state index < -0.39 is 0 Å². The van der Waals surface area contributed by atoms with Gasteiger partial charge in [-0.05, 0) is 107 Å². The van der Waals surface area contributed by atoms with Crippen LogP contribution in [-0.4, -0.2) is 63.5 Å². The molecule has 0 aromatic heterocycles. The number of carbonyl (C=O) groups excluding carboxylic acids is 1. The first-order valence-corrected chi connectivity index (χ1v) is 15.9. The van der Waals surface area contributed by atoms with E-state index in [1.807, 2.05) is 101 Å². The first kappa shape index (κ1) is 34.4. The molecule has 0 unspecified atom stereocenters. The van der Waals surface area contributed by atoms with Gasteiger partial charge >= 0.3 is 0 Å². The van der Waals surface area contributed by atoms with Crippen molar-refractivity contribution in [2.75, 3.05) is 52.7 Å². The second-order valence-corrected chi connectivity index (χ2v) is 10.00. The third-order valence-electron chi connectivity index (χ3n) is 6.87. The van der Waals surface area contributed by atoms with Gasteiger partial charge < -0.3 is 33.3 Å². The summed E-state index contributed by atoms with van der Waals surface area (Å²) in [7, 11) is 0. The number of benzene rings is 3. The van der Waals surface area contributed by atoms with Gasteiger partial charge in [-0.3, -0.25) is 4.79 Å². The summed E-state index contributed by atoms with van der Waals surface area (Å²) in [6.45, 7) is 16.1. The number of nitrogens with zero attached hydrogens (tertiary/aromatic N) is 1.